The number of benzene rings is 4. The van der Waals surface area contributed by atoms with Crippen LogP contribution in [0.2, 0.25) is 15.7 Å². The van der Waals surface area contributed by atoms with Gasteiger partial charge in [0.1, 0.15) is 16.8 Å². The second-order valence-corrected chi connectivity index (χ2v) is 15.0. The number of anilines is 7. The molecule has 67 heavy (non-hydrogen) atoms. The predicted molar refractivity (Wildman–Crippen MR) is 272 cm³/mol. The minimum atomic E-state index is 0.178. The molecule has 0 aliphatic carbocycles. The van der Waals surface area contributed by atoms with E-state index in [1.54, 1.807) is 43.1 Å². The lowest BCUT2D eigenvalue weighted by Crippen LogP contribution is -2.21. The van der Waals surface area contributed by atoms with Crippen LogP contribution in [-0.2, 0) is 0 Å². The summed E-state index contributed by atoms with van der Waals surface area (Å²) >= 11 is 16.5. The number of aromatic amines is 3. The number of terminal acetylenes is 1. The highest BCUT2D eigenvalue weighted by Gasteiger charge is 2.04. The third-order valence-electron chi connectivity index (χ3n) is 9.39. The van der Waals surface area contributed by atoms with E-state index >= 15 is 0 Å². The maximum Gasteiger partial charge on any atom is 0.229 e. The highest BCUT2D eigenvalue weighted by molar-refractivity contribution is 6.31. The van der Waals surface area contributed by atoms with Gasteiger partial charge in [0.15, 0.2) is 0 Å². The van der Waals surface area contributed by atoms with Crippen LogP contribution in [0.25, 0.3) is 32.7 Å². The molecule has 0 fully saturated rings. The van der Waals surface area contributed by atoms with Crippen LogP contribution in [0.5, 0.6) is 0 Å². The lowest BCUT2D eigenvalue weighted by atomic mass is 10.2. The normalized spacial score (nSPS) is 10.3. The molecule has 6 heterocycles. The van der Waals surface area contributed by atoms with Gasteiger partial charge in [-0.15, -0.1) is 6.42 Å². The van der Waals surface area contributed by atoms with Crippen LogP contribution in [-0.4, -0.2) is 85.0 Å². The summed E-state index contributed by atoms with van der Waals surface area (Å²) in [5.41, 5.74) is 12.8. The SMILES string of the molecule is C#Cc1cccc(Nc2nccc(Nc3ccc4[nH]ncc4c3)n2)c1.CCN(CC)CC.Clc1ccnc(Cl)n1.Clc1nccc(Nc2ccc3[nH]ncc3c2)n1.Nc1ccc2[nH]ncc2c1. The third kappa shape index (κ3) is 15.4. The second-order valence-electron chi connectivity index (χ2n) is 13.9. The topological polar surface area (TPSA) is 229 Å². The zero-order valence-corrected chi connectivity index (χ0v) is 38.9. The van der Waals surface area contributed by atoms with Gasteiger partial charge in [-0.3, -0.25) is 15.3 Å². The number of hydrogen-bond acceptors (Lipinski definition) is 14. The fourth-order valence-electron chi connectivity index (χ4n) is 5.99. The van der Waals surface area contributed by atoms with Crippen molar-refractivity contribution in [1.82, 2.24) is 65.4 Å². The number of rotatable bonds is 9. The van der Waals surface area contributed by atoms with E-state index in [4.69, 9.17) is 47.0 Å². The number of nitrogens with two attached hydrogens (primary N) is 1. The molecular formula is C47H46Cl3N17. The first-order valence-electron chi connectivity index (χ1n) is 20.7. The van der Waals surface area contributed by atoms with Crippen LogP contribution < -0.4 is 21.7 Å². The standard InChI is InChI=1S/C19H14N6.C11H8ClN5.C7H7N3.C6H15N.C4H2Cl2N2/c1-2-13-4-3-5-15(10-13)23-19-20-9-8-18(24-19)22-16-6-7-17-14(11-16)12-21-25-17;12-11-13-4-3-10(16-11)15-8-1-2-9-7(5-8)6-14-17-9;8-6-1-2-7-5(3-6)4-9-10-7;1-4-7(5-2)6-3;5-3-1-2-7-4(6)8-3/h1,3-12H,(H,21,25)(H2,20,22,23,24);1-6H,(H,14,17)(H,13,15,16);1-4H,8H2,(H,9,10);4-6H2,1-3H3;1-2H. The van der Waals surface area contributed by atoms with Crippen LogP contribution >= 0.6 is 34.8 Å². The number of nitrogen functional groups attached to an aromatic ring is 1. The average Bonchev–Trinajstić information content (AvgIpc) is 4.12. The van der Waals surface area contributed by atoms with E-state index in [1.165, 1.54) is 25.8 Å². The lowest BCUT2D eigenvalue weighted by Gasteiger charge is -2.13. The molecule has 0 aliphatic heterocycles. The molecule has 10 rings (SSSR count). The first-order valence-corrected chi connectivity index (χ1v) is 21.8. The molecule has 0 unspecified atom stereocenters. The summed E-state index contributed by atoms with van der Waals surface area (Å²) in [5, 5.41) is 34.0. The van der Waals surface area contributed by atoms with E-state index in [0.29, 0.717) is 22.7 Å². The van der Waals surface area contributed by atoms with Crippen LogP contribution in [0.4, 0.5) is 40.3 Å². The third-order valence-corrected chi connectivity index (χ3v) is 9.97. The van der Waals surface area contributed by atoms with Crippen LogP contribution in [0.3, 0.4) is 0 Å². The Bertz CT molecular complexity index is 3120. The maximum atomic E-state index is 5.71. The van der Waals surface area contributed by atoms with Crippen molar-refractivity contribution >= 4 is 108 Å². The van der Waals surface area contributed by atoms with E-state index in [9.17, 15) is 0 Å². The molecule has 4 aromatic carbocycles. The molecule has 0 radical (unpaired) electrons. The fraction of sp³-hybridized carbons (Fsp3) is 0.128. The number of H-pyrrole nitrogens is 3. The van der Waals surface area contributed by atoms with Gasteiger partial charge in [-0.1, -0.05) is 44.4 Å². The summed E-state index contributed by atoms with van der Waals surface area (Å²) in [5.74, 6) is 4.45. The molecule has 340 valence electrons. The van der Waals surface area contributed by atoms with E-state index in [0.717, 1.165) is 61.0 Å². The number of hydrogen-bond donors (Lipinski definition) is 7. The van der Waals surface area contributed by atoms with Gasteiger partial charge in [0.25, 0.3) is 0 Å². The fourth-order valence-corrected chi connectivity index (χ4v) is 6.47. The van der Waals surface area contributed by atoms with Gasteiger partial charge >= 0.3 is 0 Å². The maximum absolute atomic E-state index is 5.71. The van der Waals surface area contributed by atoms with Gasteiger partial charge in [0, 0.05) is 63.1 Å². The Balaban J connectivity index is 0.000000152. The Kier molecular flexibility index (Phi) is 18.1. The molecule has 0 amide bonds. The summed E-state index contributed by atoms with van der Waals surface area (Å²) < 4.78 is 0. The predicted octanol–water partition coefficient (Wildman–Crippen LogP) is 10.8. The molecule has 20 heteroatoms. The Morgan fingerprint density at radius 1 is 0.567 bits per heavy atom. The Morgan fingerprint density at radius 2 is 1.07 bits per heavy atom. The number of aromatic nitrogens is 12. The summed E-state index contributed by atoms with van der Waals surface area (Å²) in [4.78, 5) is 26.2. The first kappa shape index (κ1) is 48.6. The molecule has 0 bridgehead atoms. The first-order chi connectivity index (χ1) is 32.6. The van der Waals surface area contributed by atoms with E-state index in [-0.39, 0.29) is 10.6 Å². The van der Waals surface area contributed by atoms with Crippen LogP contribution in [0.1, 0.15) is 26.3 Å². The molecule has 17 nitrogen and oxygen atoms in total. The Hall–Kier alpha value is -7.88. The molecule has 10 aromatic rings. The van der Waals surface area contributed by atoms with Gasteiger partial charge in [0.2, 0.25) is 16.5 Å². The molecule has 6 aromatic heterocycles. The number of nitrogens with zero attached hydrogens (tertiary/aromatic N) is 10. The van der Waals surface area contributed by atoms with Crippen LogP contribution in [0.15, 0.2) is 134 Å². The second kappa shape index (κ2) is 25.0. The average molecular weight is 955 g/mol. The van der Waals surface area contributed by atoms with Crippen molar-refractivity contribution in [2.75, 3.05) is 41.3 Å². The van der Waals surface area contributed by atoms with Gasteiger partial charge in [0.05, 0.1) is 35.1 Å². The largest absolute Gasteiger partial charge is 0.399 e. The van der Waals surface area contributed by atoms with Gasteiger partial charge in [-0.2, -0.15) is 20.3 Å². The van der Waals surface area contributed by atoms with Crippen molar-refractivity contribution in [3.63, 3.8) is 0 Å². The molecule has 0 saturated heterocycles. The number of fused-ring (bicyclic) bond motifs is 3. The summed E-state index contributed by atoms with van der Waals surface area (Å²) in [6.45, 7) is 10.1. The zero-order chi connectivity index (χ0) is 47.4. The van der Waals surface area contributed by atoms with Crippen molar-refractivity contribution in [3.8, 4) is 12.3 Å². The van der Waals surface area contributed by atoms with Crippen molar-refractivity contribution in [2.45, 2.75) is 20.8 Å². The van der Waals surface area contributed by atoms with Crippen LogP contribution in [0, 0.1) is 12.3 Å². The van der Waals surface area contributed by atoms with E-state index in [1.807, 2.05) is 84.9 Å². The molecule has 0 spiro atoms. The Labute approximate surface area is 401 Å². The van der Waals surface area contributed by atoms with E-state index < -0.39 is 0 Å². The van der Waals surface area contributed by atoms with Gasteiger partial charge < -0.3 is 26.6 Å². The minimum Gasteiger partial charge on any atom is -0.399 e. The molecule has 0 aliphatic rings. The highest BCUT2D eigenvalue weighted by atomic mass is 35.5. The van der Waals surface area contributed by atoms with Crippen molar-refractivity contribution in [3.05, 3.63) is 156 Å². The summed E-state index contributed by atoms with van der Waals surface area (Å²) in [6, 6.07) is 30.1. The van der Waals surface area contributed by atoms with Crippen molar-refractivity contribution in [2.24, 2.45) is 0 Å². The smallest absolute Gasteiger partial charge is 0.229 e. The molecule has 8 N–H and O–H groups in total. The monoisotopic (exact) mass is 953 g/mol. The number of halogens is 3. The van der Waals surface area contributed by atoms with Gasteiger partial charge in [-0.05, 0) is 134 Å². The highest BCUT2D eigenvalue weighted by Crippen LogP contribution is 2.23. The van der Waals surface area contributed by atoms with Gasteiger partial charge in [-0.25, -0.2) is 24.9 Å². The lowest BCUT2D eigenvalue weighted by molar-refractivity contribution is 0.321. The Morgan fingerprint density at radius 3 is 1.58 bits per heavy atom. The molecular weight excluding hydrogens is 909 g/mol. The zero-order valence-electron chi connectivity index (χ0n) is 36.6. The summed E-state index contributed by atoms with van der Waals surface area (Å²) in [7, 11) is 0. The quantitative estimate of drug-likeness (QED) is 0.0309. The summed E-state index contributed by atoms with van der Waals surface area (Å²) in [6.07, 6.45) is 15.5. The van der Waals surface area contributed by atoms with E-state index in [2.05, 4.69) is 108 Å². The van der Waals surface area contributed by atoms with Crippen molar-refractivity contribution in [1.29, 1.82) is 0 Å². The number of nitrogens with one attached hydrogen (secondary N) is 6. The molecule has 0 atom stereocenters. The van der Waals surface area contributed by atoms with Crippen molar-refractivity contribution < 1.29 is 0 Å². The molecule has 0 saturated carbocycles. The minimum absolute atomic E-state index is 0.178.